The van der Waals surface area contributed by atoms with Crippen molar-refractivity contribution in [1.29, 1.82) is 0 Å². The Morgan fingerprint density at radius 2 is 2.19 bits per heavy atom. The fraction of sp³-hybridized carbons (Fsp3) is 0.600. The highest BCUT2D eigenvalue weighted by Gasteiger charge is 2.07. The average molecular weight is 247 g/mol. The minimum atomic E-state index is -0.127. The molecular formula is C10H19ClN4O. The molecular weight excluding hydrogens is 228 g/mol. The molecule has 0 aliphatic carbocycles. The zero-order valence-electron chi connectivity index (χ0n) is 9.67. The lowest BCUT2D eigenvalue weighted by Crippen LogP contribution is -2.32. The maximum Gasteiger partial charge on any atom is 0.271 e. The third-order valence-corrected chi connectivity index (χ3v) is 1.95. The van der Waals surface area contributed by atoms with Gasteiger partial charge in [-0.2, -0.15) is 5.10 Å². The third-order valence-electron chi connectivity index (χ3n) is 1.95. The molecule has 5 nitrogen and oxygen atoms in total. The Morgan fingerprint density at radius 1 is 1.44 bits per heavy atom. The molecule has 0 spiro atoms. The topological polar surface area (TPSA) is 69.8 Å². The number of aryl methyl sites for hydroxylation is 1. The molecule has 0 radical (unpaired) electrons. The summed E-state index contributed by atoms with van der Waals surface area (Å²) in [6, 6.07) is 1.73. The van der Waals surface area contributed by atoms with Crippen molar-refractivity contribution in [3.63, 3.8) is 0 Å². The first kappa shape index (κ1) is 14.9. The minimum absolute atomic E-state index is 0. The Kier molecular flexibility index (Phi) is 7.58. The van der Waals surface area contributed by atoms with Gasteiger partial charge in [0.25, 0.3) is 5.91 Å². The lowest BCUT2D eigenvalue weighted by molar-refractivity contribution is 0.0949. The third kappa shape index (κ3) is 5.14. The van der Waals surface area contributed by atoms with E-state index in [1.807, 2.05) is 6.92 Å². The number of amides is 1. The van der Waals surface area contributed by atoms with Gasteiger partial charge in [0, 0.05) is 18.8 Å². The number of aromatic nitrogens is 2. The Hall–Kier alpha value is -1.07. The van der Waals surface area contributed by atoms with Crippen molar-refractivity contribution in [3.8, 4) is 0 Å². The van der Waals surface area contributed by atoms with Crippen LogP contribution in [0, 0.1) is 6.92 Å². The molecule has 0 saturated heterocycles. The quantitative estimate of drug-likeness (QED) is 0.653. The van der Waals surface area contributed by atoms with E-state index in [4.69, 9.17) is 0 Å². The van der Waals surface area contributed by atoms with Gasteiger partial charge in [-0.05, 0) is 26.0 Å². The zero-order chi connectivity index (χ0) is 11.1. The van der Waals surface area contributed by atoms with Crippen molar-refractivity contribution in [2.24, 2.45) is 0 Å². The first-order chi connectivity index (χ1) is 7.24. The van der Waals surface area contributed by atoms with Crippen molar-refractivity contribution in [1.82, 2.24) is 20.8 Å². The van der Waals surface area contributed by atoms with Gasteiger partial charge in [0.15, 0.2) is 0 Å². The molecule has 16 heavy (non-hydrogen) atoms. The second-order valence-electron chi connectivity index (χ2n) is 3.44. The Bertz CT molecular complexity index is 314. The summed E-state index contributed by atoms with van der Waals surface area (Å²) in [6.07, 6.45) is 1.10. The lowest BCUT2D eigenvalue weighted by Gasteiger charge is -2.03. The molecule has 3 N–H and O–H groups in total. The molecule has 0 bridgehead atoms. The van der Waals surface area contributed by atoms with Crippen molar-refractivity contribution >= 4 is 18.3 Å². The predicted molar refractivity (Wildman–Crippen MR) is 66.1 cm³/mol. The molecule has 0 saturated carbocycles. The highest BCUT2D eigenvalue weighted by Crippen LogP contribution is 1.96. The number of hydrogen-bond acceptors (Lipinski definition) is 3. The average Bonchev–Trinajstić information content (AvgIpc) is 2.64. The van der Waals surface area contributed by atoms with Crippen LogP contribution in [0.3, 0.4) is 0 Å². The number of nitrogens with one attached hydrogen (secondary N) is 3. The number of rotatable bonds is 6. The number of carbonyl (C=O) groups is 1. The van der Waals surface area contributed by atoms with Crippen molar-refractivity contribution in [3.05, 3.63) is 17.5 Å². The van der Waals surface area contributed by atoms with Gasteiger partial charge in [0.05, 0.1) is 0 Å². The van der Waals surface area contributed by atoms with Gasteiger partial charge in [-0.1, -0.05) is 6.92 Å². The van der Waals surface area contributed by atoms with Crippen LogP contribution >= 0.6 is 12.4 Å². The van der Waals surface area contributed by atoms with Crippen molar-refractivity contribution < 1.29 is 4.79 Å². The second kappa shape index (κ2) is 8.13. The van der Waals surface area contributed by atoms with Crippen LogP contribution in [-0.4, -0.2) is 35.7 Å². The molecule has 0 aliphatic heterocycles. The highest BCUT2D eigenvalue weighted by molar-refractivity contribution is 5.92. The number of aromatic amines is 1. The Labute approximate surface area is 102 Å². The van der Waals surface area contributed by atoms with Crippen LogP contribution in [0.15, 0.2) is 6.07 Å². The van der Waals surface area contributed by atoms with E-state index in [-0.39, 0.29) is 18.3 Å². The van der Waals surface area contributed by atoms with Gasteiger partial charge < -0.3 is 10.6 Å². The van der Waals surface area contributed by atoms with Crippen LogP contribution in [0.1, 0.15) is 29.5 Å². The van der Waals surface area contributed by atoms with Crippen LogP contribution in [0.4, 0.5) is 0 Å². The highest BCUT2D eigenvalue weighted by atomic mass is 35.5. The van der Waals surface area contributed by atoms with E-state index in [0.29, 0.717) is 12.2 Å². The summed E-state index contributed by atoms with van der Waals surface area (Å²) < 4.78 is 0. The summed E-state index contributed by atoms with van der Waals surface area (Å²) in [7, 11) is 0. The zero-order valence-corrected chi connectivity index (χ0v) is 10.5. The SMILES string of the molecule is CCCNCCNC(=O)c1cc(C)[nH]n1.Cl. The fourth-order valence-electron chi connectivity index (χ4n) is 1.19. The van der Waals surface area contributed by atoms with Crippen LogP contribution in [0.2, 0.25) is 0 Å². The summed E-state index contributed by atoms with van der Waals surface area (Å²) >= 11 is 0. The minimum Gasteiger partial charge on any atom is -0.349 e. The predicted octanol–water partition coefficient (Wildman–Crippen LogP) is 0.869. The van der Waals surface area contributed by atoms with Crippen molar-refractivity contribution in [2.75, 3.05) is 19.6 Å². The van der Waals surface area contributed by atoms with Crippen LogP contribution in [0.25, 0.3) is 0 Å². The molecule has 0 fully saturated rings. The normalized spacial score (nSPS) is 9.62. The largest absolute Gasteiger partial charge is 0.349 e. The van der Waals surface area contributed by atoms with Crippen molar-refractivity contribution in [2.45, 2.75) is 20.3 Å². The Balaban J connectivity index is 0.00000225. The van der Waals surface area contributed by atoms with E-state index in [9.17, 15) is 4.79 Å². The molecule has 0 unspecified atom stereocenters. The van der Waals surface area contributed by atoms with Gasteiger partial charge in [0.1, 0.15) is 5.69 Å². The van der Waals surface area contributed by atoms with Gasteiger partial charge in [-0.3, -0.25) is 9.89 Å². The van der Waals surface area contributed by atoms with E-state index in [2.05, 4.69) is 27.8 Å². The molecule has 92 valence electrons. The number of hydrogen-bond donors (Lipinski definition) is 3. The number of H-pyrrole nitrogens is 1. The second-order valence-corrected chi connectivity index (χ2v) is 3.44. The first-order valence-corrected chi connectivity index (χ1v) is 5.25. The Morgan fingerprint density at radius 3 is 2.75 bits per heavy atom. The van der Waals surface area contributed by atoms with E-state index >= 15 is 0 Å². The number of halogens is 1. The standard InChI is InChI=1S/C10H18N4O.ClH/c1-3-4-11-5-6-12-10(15)9-7-8(2)13-14-9;/h7,11H,3-6H2,1-2H3,(H,12,15)(H,13,14);1H. The summed E-state index contributed by atoms with van der Waals surface area (Å²) in [5.41, 5.74) is 1.34. The molecule has 1 rings (SSSR count). The summed E-state index contributed by atoms with van der Waals surface area (Å²) in [6.45, 7) is 6.38. The number of carbonyl (C=O) groups excluding carboxylic acids is 1. The monoisotopic (exact) mass is 246 g/mol. The van der Waals surface area contributed by atoms with Gasteiger partial charge in [0.2, 0.25) is 0 Å². The smallest absolute Gasteiger partial charge is 0.271 e. The van der Waals surface area contributed by atoms with Gasteiger partial charge in [-0.15, -0.1) is 12.4 Å². The van der Waals surface area contributed by atoms with E-state index < -0.39 is 0 Å². The maximum absolute atomic E-state index is 11.5. The molecule has 6 heteroatoms. The molecule has 1 amide bonds. The summed E-state index contributed by atoms with van der Waals surface area (Å²) in [5, 5.41) is 12.6. The molecule has 0 aromatic carbocycles. The fourth-order valence-corrected chi connectivity index (χ4v) is 1.19. The van der Waals surface area contributed by atoms with Crippen LogP contribution in [0.5, 0.6) is 0 Å². The molecule has 0 aliphatic rings. The van der Waals surface area contributed by atoms with E-state index in [1.165, 1.54) is 0 Å². The van der Waals surface area contributed by atoms with Gasteiger partial charge >= 0.3 is 0 Å². The molecule has 1 aromatic heterocycles. The van der Waals surface area contributed by atoms with Crippen LogP contribution in [-0.2, 0) is 0 Å². The number of nitrogens with zero attached hydrogens (tertiary/aromatic N) is 1. The first-order valence-electron chi connectivity index (χ1n) is 5.25. The summed E-state index contributed by atoms with van der Waals surface area (Å²) in [5.74, 6) is -0.127. The maximum atomic E-state index is 11.5. The summed E-state index contributed by atoms with van der Waals surface area (Å²) in [4.78, 5) is 11.5. The van der Waals surface area contributed by atoms with E-state index in [0.717, 1.165) is 25.2 Å². The van der Waals surface area contributed by atoms with Crippen LogP contribution < -0.4 is 10.6 Å². The lowest BCUT2D eigenvalue weighted by atomic mass is 10.3. The van der Waals surface area contributed by atoms with E-state index in [1.54, 1.807) is 6.07 Å². The molecule has 1 heterocycles. The van der Waals surface area contributed by atoms with Gasteiger partial charge in [-0.25, -0.2) is 0 Å². The molecule has 0 atom stereocenters. The molecule has 1 aromatic rings.